The fourth-order valence-corrected chi connectivity index (χ4v) is 3.06. The molecule has 0 spiro atoms. The van der Waals surface area contributed by atoms with Gasteiger partial charge in [0, 0.05) is 43.8 Å². The predicted molar refractivity (Wildman–Crippen MR) is 107 cm³/mol. The van der Waals surface area contributed by atoms with Gasteiger partial charge < -0.3 is 19.9 Å². The summed E-state index contributed by atoms with van der Waals surface area (Å²) in [7, 11) is 0. The summed E-state index contributed by atoms with van der Waals surface area (Å²) in [5.74, 6) is 3.08. The molecule has 27 heavy (non-hydrogen) atoms. The normalized spacial score (nSPS) is 14.2. The number of nitrogens with zero attached hydrogens (tertiary/aromatic N) is 4. The van der Waals surface area contributed by atoms with Gasteiger partial charge in [0.25, 0.3) is 5.91 Å². The Morgan fingerprint density at radius 2 is 1.89 bits per heavy atom. The van der Waals surface area contributed by atoms with Crippen LogP contribution in [0.15, 0.2) is 30.3 Å². The smallest absolute Gasteiger partial charge is 0.260 e. The first kappa shape index (κ1) is 19.2. The highest BCUT2D eigenvalue weighted by atomic mass is 35.5. The molecule has 0 saturated carbocycles. The molecule has 1 aliphatic rings. The number of benzene rings is 1. The van der Waals surface area contributed by atoms with Crippen LogP contribution in [0.1, 0.15) is 12.7 Å². The summed E-state index contributed by atoms with van der Waals surface area (Å²) < 4.78 is 5.55. The standard InChI is InChI=1S/C19H24ClN5O2/c1-3-21-17-12-18(23-14(2)22-17)24-8-10-25(11-9-24)19(26)13-27-16-6-4-15(20)5-7-16/h4-7,12H,3,8-11,13H2,1-2H3,(H,21,22,23). The quantitative estimate of drug-likeness (QED) is 0.818. The zero-order chi connectivity index (χ0) is 19.2. The maximum absolute atomic E-state index is 12.4. The molecule has 0 unspecified atom stereocenters. The highest BCUT2D eigenvalue weighted by molar-refractivity contribution is 6.30. The summed E-state index contributed by atoms with van der Waals surface area (Å²) in [5.41, 5.74) is 0. The number of halogens is 1. The van der Waals surface area contributed by atoms with Crippen LogP contribution in [0.4, 0.5) is 11.6 Å². The molecular formula is C19H24ClN5O2. The number of anilines is 2. The van der Waals surface area contributed by atoms with Crippen LogP contribution in [0.5, 0.6) is 5.75 Å². The van der Waals surface area contributed by atoms with E-state index in [1.165, 1.54) is 0 Å². The lowest BCUT2D eigenvalue weighted by Gasteiger charge is -2.35. The van der Waals surface area contributed by atoms with E-state index in [0.29, 0.717) is 23.9 Å². The van der Waals surface area contributed by atoms with Crippen LogP contribution in [0.2, 0.25) is 5.02 Å². The second-order valence-electron chi connectivity index (χ2n) is 6.30. The van der Waals surface area contributed by atoms with Crippen molar-refractivity contribution in [2.45, 2.75) is 13.8 Å². The molecule has 2 heterocycles. The Kier molecular flexibility index (Phi) is 6.34. The van der Waals surface area contributed by atoms with Gasteiger partial charge in [0.05, 0.1) is 0 Å². The summed E-state index contributed by atoms with van der Waals surface area (Å²) in [6, 6.07) is 8.95. The molecule has 3 rings (SSSR count). The van der Waals surface area contributed by atoms with E-state index >= 15 is 0 Å². The van der Waals surface area contributed by atoms with E-state index in [9.17, 15) is 4.79 Å². The molecule has 8 heteroatoms. The zero-order valence-electron chi connectivity index (χ0n) is 15.6. The van der Waals surface area contributed by atoms with E-state index in [1.807, 2.05) is 24.8 Å². The van der Waals surface area contributed by atoms with Gasteiger partial charge in [-0.2, -0.15) is 0 Å². The number of amides is 1. The molecule has 1 N–H and O–H groups in total. The van der Waals surface area contributed by atoms with Gasteiger partial charge in [0.1, 0.15) is 23.2 Å². The van der Waals surface area contributed by atoms with Crippen molar-refractivity contribution in [2.75, 3.05) is 49.5 Å². The number of piperazine rings is 1. The van der Waals surface area contributed by atoms with Crippen LogP contribution in [0.25, 0.3) is 0 Å². The lowest BCUT2D eigenvalue weighted by molar-refractivity contribution is -0.133. The van der Waals surface area contributed by atoms with Crippen molar-refractivity contribution in [3.63, 3.8) is 0 Å². The second kappa shape index (κ2) is 8.90. The number of rotatable bonds is 6. The first-order valence-electron chi connectivity index (χ1n) is 9.06. The van der Waals surface area contributed by atoms with Crippen molar-refractivity contribution in [3.05, 3.63) is 41.2 Å². The summed E-state index contributed by atoms with van der Waals surface area (Å²) in [4.78, 5) is 25.3. The van der Waals surface area contributed by atoms with Gasteiger partial charge in [-0.05, 0) is 38.1 Å². The van der Waals surface area contributed by atoms with E-state index in [-0.39, 0.29) is 12.5 Å². The Morgan fingerprint density at radius 3 is 2.56 bits per heavy atom. The van der Waals surface area contributed by atoms with Crippen molar-refractivity contribution in [1.82, 2.24) is 14.9 Å². The average molecular weight is 390 g/mol. The minimum Gasteiger partial charge on any atom is -0.484 e. The lowest BCUT2D eigenvalue weighted by atomic mass is 10.3. The van der Waals surface area contributed by atoms with Crippen molar-refractivity contribution < 1.29 is 9.53 Å². The van der Waals surface area contributed by atoms with Gasteiger partial charge >= 0.3 is 0 Å². The number of carbonyl (C=O) groups excluding carboxylic acids is 1. The number of aryl methyl sites for hydroxylation is 1. The molecule has 1 amide bonds. The number of aromatic nitrogens is 2. The zero-order valence-corrected chi connectivity index (χ0v) is 16.4. The van der Waals surface area contributed by atoms with Gasteiger partial charge in [0.2, 0.25) is 0 Å². The second-order valence-corrected chi connectivity index (χ2v) is 6.74. The third kappa shape index (κ3) is 5.23. The van der Waals surface area contributed by atoms with E-state index in [1.54, 1.807) is 24.3 Å². The van der Waals surface area contributed by atoms with Gasteiger partial charge in [-0.1, -0.05) is 11.6 Å². The maximum atomic E-state index is 12.4. The van der Waals surface area contributed by atoms with Crippen molar-refractivity contribution >= 4 is 29.1 Å². The molecule has 1 aromatic carbocycles. The summed E-state index contributed by atoms with van der Waals surface area (Å²) in [6.45, 7) is 7.50. The molecule has 0 radical (unpaired) electrons. The summed E-state index contributed by atoms with van der Waals surface area (Å²) in [6.07, 6.45) is 0. The minimum atomic E-state index is -0.0168. The van der Waals surface area contributed by atoms with Gasteiger partial charge in [0.15, 0.2) is 6.61 Å². The molecule has 1 aliphatic heterocycles. The molecule has 2 aromatic rings. The van der Waals surface area contributed by atoms with Crippen LogP contribution >= 0.6 is 11.6 Å². The van der Waals surface area contributed by atoms with Crippen molar-refractivity contribution in [2.24, 2.45) is 0 Å². The number of nitrogens with one attached hydrogen (secondary N) is 1. The Bertz CT molecular complexity index is 776. The minimum absolute atomic E-state index is 0.0168. The van der Waals surface area contributed by atoms with E-state index in [4.69, 9.17) is 16.3 Å². The molecule has 1 aromatic heterocycles. The van der Waals surface area contributed by atoms with Crippen molar-refractivity contribution in [1.29, 1.82) is 0 Å². The fourth-order valence-electron chi connectivity index (χ4n) is 2.94. The van der Waals surface area contributed by atoms with Crippen LogP contribution in [0.3, 0.4) is 0 Å². The Balaban J connectivity index is 1.52. The van der Waals surface area contributed by atoms with Gasteiger partial charge in [-0.15, -0.1) is 0 Å². The molecule has 0 atom stereocenters. The summed E-state index contributed by atoms with van der Waals surface area (Å²) in [5, 5.41) is 3.86. The number of hydrogen-bond acceptors (Lipinski definition) is 6. The van der Waals surface area contributed by atoms with Crippen LogP contribution in [0, 0.1) is 6.92 Å². The average Bonchev–Trinajstić information content (AvgIpc) is 2.67. The molecule has 144 valence electrons. The number of ether oxygens (including phenoxy) is 1. The SMILES string of the molecule is CCNc1cc(N2CCN(C(=O)COc3ccc(Cl)cc3)CC2)nc(C)n1. The third-order valence-corrected chi connectivity index (χ3v) is 4.57. The molecule has 0 bridgehead atoms. The lowest BCUT2D eigenvalue weighted by Crippen LogP contribution is -2.50. The molecule has 7 nitrogen and oxygen atoms in total. The molecule has 0 aliphatic carbocycles. The third-order valence-electron chi connectivity index (χ3n) is 4.31. The number of hydrogen-bond donors (Lipinski definition) is 1. The van der Waals surface area contributed by atoms with Gasteiger partial charge in [-0.25, -0.2) is 9.97 Å². The Hall–Kier alpha value is -2.54. The number of carbonyl (C=O) groups is 1. The largest absolute Gasteiger partial charge is 0.484 e. The first-order valence-corrected chi connectivity index (χ1v) is 9.43. The molecular weight excluding hydrogens is 366 g/mol. The monoisotopic (exact) mass is 389 g/mol. The molecule has 1 fully saturated rings. The van der Waals surface area contributed by atoms with Crippen LogP contribution in [-0.2, 0) is 4.79 Å². The maximum Gasteiger partial charge on any atom is 0.260 e. The van der Waals surface area contributed by atoms with Crippen molar-refractivity contribution in [3.8, 4) is 5.75 Å². The predicted octanol–water partition coefficient (Wildman–Crippen LogP) is 2.60. The van der Waals surface area contributed by atoms with Gasteiger partial charge in [-0.3, -0.25) is 4.79 Å². The van der Waals surface area contributed by atoms with E-state index in [2.05, 4.69) is 20.2 Å². The Labute approximate surface area is 164 Å². The molecule has 1 saturated heterocycles. The highest BCUT2D eigenvalue weighted by Crippen LogP contribution is 2.18. The fraction of sp³-hybridized carbons (Fsp3) is 0.421. The topological polar surface area (TPSA) is 70.6 Å². The van der Waals surface area contributed by atoms with Crippen LogP contribution < -0.4 is 15.0 Å². The van der Waals surface area contributed by atoms with E-state index < -0.39 is 0 Å². The Morgan fingerprint density at radius 1 is 1.19 bits per heavy atom. The summed E-state index contributed by atoms with van der Waals surface area (Å²) >= 11 is 5.85. The van der Waals surface area contributed by atoms with Crippen LogP contribution in [-0.4, -0.2) is 60.1 Å². The highest BCUT2D eigenvalue weighted by Gasteiger charge is 2.22. The first-order chi connectivity index (χ1) is 13.0. The van der Waals surface area contributed by atoms with E-state index in [0.717, 1.165) is 37.1 Å².